The largest absolute Gasteiger partial charge is 0.463 e. The van der Waals surface area contributed by atoms with E-state index in [0.29, 0.717) is 56.9 Å². The average Bonchev–Trinajstić information content (AvgIpc) is 3.57. The summed E-state index contributed by atoms with van der Waals surface area (Å²) in [7, 11) is 2.09. The zero-order chi connectivity index (χ0) is 26.3. The zero-order valence-electron chi connectivity index (χ0n) is 21.2. The lowest BCUT2D eigenvalue weighted by Crippen LogP contribution is -2.55. The van der Waals surface area contributed by atoms with E-state index in [2.05, 4.69) is 46.0 Å². The van der Waals surface area contributed by atoms with Gasteiger partial charge < -0.3 is 19.6 Å². The number of imidazole rings is 1. The fraction of sp³-hybridized carbons (Fsp3) is 0.286. The third-order valence-corrected chi connectivity index (χ3v) is 7.48. The molecule has 0 aliphatic carbocycles. The van der Waals surface area contributed by atoms with Gasteiger partial charge in [0.05, 0.1) is 23.2 Å². The van der Waals surface area contributed by atoms with Crippen LogP contribution in [-0.4, -0.2) is 53.0 Å². The lowest BCUT2D eigenvalue weighted by molar-refractivity contribution is 0.102. The van der Waals surface area contributed by atoms with E-state index in [1.165, 1.54) is 0 Å². The number of carbonyl (C=O) groups is 1. The molecule has 0 unspecified atom stereocenters. The van der Waals surface area contributed by atoms with E-state index in [9.17, 15) is 4.79 Å². The highest BCUT2D eigenvalue weighted by atomic mass is 35.5. The minimum atomic E-state index is -0.396. The number of aromatic nitrogens is 2. The molecule has 0 spiro atoms. The average molecular weight is 522 g/mol. The molecular weight excluding hydrogens is 493 g/mol. The van der Waals surface area contributed by atoms with Crippen molar-refractivity contribution >= 4 is 28.9 Å². The number of piperazine rings is 1. The van der Waals surface area contributed by atoms with E-state index in [0.717, 1.165) is 13.1 Å². The molecule has 4 aromatic rings. The van der Waals surface area contributed by atoms with Crippen molar-refractivity contribution in [3.8, 4) is 22.8 Å². The van der Waals surface area contributed by atoms with E-state index >= 15 is 4.39 Å². The maximum absolute atomic E-state index is 15.5. The third kappa shape index (κ3) is 4.86. The number of hydrogen-bond acceptors (Lipinski definition) is 5. The number of amides is 1. The van der Waals surface area contributed by atoms with E-state index in [-0.39, 0.29) is 11.4 Å². The molecule has 1 amide bonds. The van der Waals surface area contributed by atoms with Crippen molar-refractivity contribution in [3.05, 3.63) is 76.9 Å². The molecule has 2 atom stereocenters. The molecule has 7 nitrogen and oxygen atoms in total. The molecule has 2 aromatic heterocycles. The Bertz CT molecular complexity index is 1420. The maximum atomic E-state index is 15.5. The summed E-state index contributed by atoms with van der Waals surface area (Å²) in [6, 6.07) is 12.7. The standard InChI is InChI=1S/C28H29ClFN5O2/c1-16-14-35(15-17(2)34(16)4)24-10-8-20(18(3)26(24)30)28(36)32-19-7-9-22(29)21(12-19)27-31-13-23(33-27)25-6-5-11-37-25/h5-13,16-17H,14-15H2,1-4H3,(H,31,33)(H,32,36)/t16-,17+. The predicted octanol–water partition coefficient (Wildman–Crippen LogP) is 6.22. The Balaban J connectivity index is 1.36. The molecule has 0 radical (unpaired) electrons. The summed E-state index contributed by atoms with van der Waals surface area (Å²) >= 11 is 6.43. The highest BCUT2D eigenvalue weighted by Gasteiger charge is 2.29. The van der Waals surface area contributed by atoms with E-state index in [4.69, 9.17) is 16.0 Å². The molecule has 9 heteroatoms. The number of H-pyrrole nitrogens is 1. The summed E-state index contributed by atoms with van der Waals surface area (Å²) in [5, 5.41) is 3.34. The first-order valence-electron chi connectivity index (χ1n) is 12.2. The fourth-order valence-corrected chi connectivity index (χ4v) is 4.97. The minimum Gasteiger partial charge on any atom is -0.463 e. The molecule has 5 rings (SSSR count). The second-order valence-corrected chi connectivity index (χ2v) is 10.0. The van der Waals surface area contributed by atoms with Gasteiger partial charge in [-0.05, 0) is 75.8 Å². The van der Waals surface area contributed by atoms with Gasteiger partial charge in [-0.25, -0.2) is 9.37 Å². The van der Waals surface area contributed by atoms with E-state index in [1.807, 2.05) is 6.07 Å². The predicted molar refractivity (Wildman–Crippen MR) is 145 cm³/mol. The SMILES string of the molecule is Cc1c(C(=O)Nc2ccc(Cl)c(-c3ncc(-c4ccco4)[nH]3)c2)ccc(N2C[C@@H](C)N(C)[C@@H](C)C2)c1F. The minimum absolute atomic E-state index is 0.283. The van der Waals surface area contributed by atoms with Crippen LogP contribution >= 0.6 is 11.6 Å². The monoisotopic (exact) mass is 521 g/mol. The molecule has 1 saturated heterocycles. The van der Waals surface area contributed by atoms with Gasteiger partial charge in [0.25, 0.3) is 5.91 Å². The number of benzene rings is 2. The summed E-state index contributed by atoms with van der Waals surface area (Å²) in [5.41, 5.74) is 2.98. The molecule has 2 N–H and O–H groups in total. The summed E-state index contributed by atoms with van der Waals surface area (Å²) < 4.78 is 20.9. The lowest BCUT2D eigenvalue weighted by atomic mass is 10.0. The smallest absolute Gasteiger partial charge is 0.256 e. The number of hydrogen-bond donors (Lipinski definition) is 2. The number of nitrogens with one attached hydrogen (secondary N) is 2. The molecular formula is C28H29ClFN5O2. The number of anilines is 2. The Morgan fingerprint density at radius 3 is 2.65 bits per heavy atom. The van der Waals surface area contributed by atoms with Crippen molar-refractivity contribution in [2.75, 3.05) is 30.4 Å². The molecule has 1 aliphatic rings. The molecule has 3 heterocycles. The van der Waals surface area contributed by atoms with Gasteiger partial charge in [-0.1, -0.05) is 11.6 Å². The van der Waals surface area contributed by atoms with Gasteiger partial charge >= 0.3 is 0 Å². The van der Waals surface area contributed by atoms with Crippen LogP contribution in [0.1, 0.15) is 29.8 Å². The van der Waals surface area contributed by atoms with Gasteiger partial charge in [-0.3, -0.25) is 9.69 Å². The highest BCUT2D eigenvalue weighted by molar-refractivity contribution is 6.33. The van der Waals surface area contributed by atoms with Crippen molar-refractivity contribution in [2.45, 2.75) is 32.9 Å². The van der Waals surface area contributed by atoms with Crippen molar-refractivity contribution < 1.29 is 13.6 Å². The first kappa shape index (κ1) is 25.0. The van der Waals surface area contributed by atoms with Crippen molar-refractivity contribution in [1.82, 2.24) is 14.9 Å². The molecule has 192 valence electrons. The van der Waals surface area contributed by atoms with Gasteiger partial charge in [-0.2, -0.15) is 0 Å². The van der Waals surface area contributed by atoms with Crippen LogP contribution in [0.2, 0.25) is 5.02 Å². The molecule has 0 saturated carbocycles. The van der Waals surface area contributed by atoms with Gasteiger partial charge in [0.2, 0.25) is 0 Å². The van der Waals surface area contributed by atoms with Gasteiger partial charge in [0.15, 0.2) is 5.76 Å². The number of furan rings is 1. The number of rotatable bonds is 5. The van der Waals surface area contributed by atoms with E-state index < -0.39 is 5.91 Å². The molecule has 2 aromatic carbocycles. The first-order chi connectivity index (χ1) is 17.7. The van der Waals surface area contributed by atoms with Crippen LogP contribution in [0.5, 0.6) is 0 Å². The van der Waals surface area contributed by atoms with Gasteiger partial charge in [0.1, 0.15) is 17.3 Å². The Kier molecular flexibility index (Phi) is 6.79. The summed E-state index contributed by atoms with van der Waals surface area (Å²) in [5.74, 6) is 0.428. The van der Waals surface area contributed by atoms with Crippen LogP contribution in [-0.2, 0) is 0 Å². The van der Waals surface area contributed by atoms with Gasteiger partial charge in [-0.15, -0.1) is 0 Å². The second-order valence-electron chi connectivity index (χ2n) is 9.61. The number of nitrogens with zero attached hydrogens (tertiary/aromatic N) is 3. The van der Waals surface area contributed by atoms with Crippen molar-refractivity contribution in [1.29, 1.82) is 0 Å². The summed E-state index contributed by atoms with van der Waals surface area (Å²) in [4.78, 5) is 25.1. The normalized spacial score (nSPS) is 18.3. The number of halogens is 2. The highest BCUT2D eigenvalue weighted by Crippen LogP contribution is 2.32. The quantitative estimate of drug-likeness (QED) is 0.326. The molecule has 0 bridgehead atoms. The Morgan fingerprint density at radius 2 is 1.95 bits per heavy atom. The number of likely N-dealkylation sites (N-methyl/N-ethyl adjacent to an activating group) is 1. The van der Waals surface area contributed by atoms with E-state index in [1.54, 1.807) is 55.8 Å². The summed E-state index contributed by atoms with van der Waals surface area (Å²) in [6.45, 7) is 7.37. The molecule has 1 fully saturated rings. The second kappa shape index (κ2) is 10.0. The molecule has 1 aliphatic heterocycles. The first-order valence-corrected chi connectivity index (χ1v) is 12.6. The Morgan fingerprint density at radius 1 is 1.19 bits per heavy atom. The van der Waals surface area contributed by atoms with Gasteiger partial charge in [0, 0.05) is 42.0 Å². The van der Waals surface area contributed by atoms with Crippen LogP contribution in [0.3, 0.4) is 0 Å². The zero-order valence-corrected chi connectivity index (χ0v) is 21.9. The van der Waals surface area contributed by atoms with Crippen molar-refractivity contribution in [2.24, 2.45) is 0 Å². The summed E-state index contributed by atoms with van der Waals surface area (Å²) in [6.07, 6.45) is 3.24. The van der Waals surface area contributed by atoms with Crippen LogP contribution < -0.4 is 10.2 Å². The topological polar surface area (TPSA) is 77.4 Å². The molecule has 37 heavy (non-hydrogen) atoms. The lowest BCUT2D eigenvalue weighted by Gasteiger charge is -2.43. The Labute approximate surface area is 220 Å². The van der Waals surface area contributed by atoms with Crippen LogP contribution in [0.15, 0.2) is 59.3 Å². The maximum Gasteiger partial charge on any atom is 0.256 e. The van der Waals surface area contributed by atoms with Crippen molar-refractivity contribution in [3.63, 3.8) is 0 Å². The van der Waals surface area contributed by atoms with Crippen LogP contribution in [0, 0.1) is 12.7 Å². The number of carbonyl (C=O) groups excluding carboxylic acids is 1. The third-order valence-electron chi connectivity index (χ3n) is 7.15. The van der Waals surface area contributed by atoms with Crippen LogP contribution in [0.25, 0.3) is 22.8 Å². The number of aromatic amines is 1. The fourth-order valence-electron chi connectivity index (χ4n) is 4.76. The van der Waals surface area contributed by atoms with Crippen LogP contribution in [0.4, 0.5) is 15.8 Å². The Hall–Kier alpha value is -3.62.